The topological polar surface area (TPSA) is 82.1 Å². The number of fused-ring (bicyclic) bond motifs is 1. The van der Waals surface area contributed by atoms with E-state index in [0.717, 1.165) is 25.7 Å². The predicted molar refractivity (Wildman–Crippen MR) is 70.9 cm³/mol. The molecule has 118 valence electrons. The van der Waals surface area contributed by atoms with Crippen molar-refractivity contribution >= 4 is 11.9 Å². The lowest BCUT2D eigenvalue weighted by atomic mass is 9.67. The van der Waals surface area contributed by atoms with Crippen LogP contribution in [0.25, 0.3) is 0 Å². The van der Waals surface area contributed by atoms with Gasteiger partial charge < -0.3 is 19.3 Å². The average molecular weight is 298 g/mol. The summed E-state index contributed by atoms with van der Waals surface area (Å²) in [5, 5.41) is 9.16. The number of carbonyl (C=O) groups is 2. The van der Waals surface area contributed by atoms with E-state index in [0.29, 0.717) is 5.92 Å². The van der Waals surface area contributed by atoms with Crippen molar-refractivity contribution in [3.05, 3.63) is 0 Å². The second kappa shape index (κ2) is 5.57. The Morgan fingerprint density at radius 1 is 1.29 bits per heavy atom. The quantitative estimate of drug-likeness (QED) is 0.616. The van der Waals surface area contributed by atoms with Crippen molar-refractivity contribution < 1.29 is 28.9 Å². The van der Waals surface area contributed by atoms with E-state index in [2.05, 4.69) is 0 Å². The number of aliphatic hydroxyl groups excluding tert-OH is 1. The van der Waals surface area contributed by atoms with Crippen LogP contribution in [0.15, 0.2) is 0 Å². The van der Waals surface area contributed by atoms with Crippen LogP contribution in [0.4, 0.5) is 0 Å². The molecule has 2 aliphatic carbocycles. The molecule has 0 aromatic carbocycles. The van der Waals surface area contributed by atoms with E-state index in [1.165, 1.54) is 6.92 Å². The molecule has 0 radical (unpaired) electrons. The monoisotopic (exact) mass is 298 g/mol. The minimum absolute atomic E-state index is 0.00247. The Kier molecular flexibility index (Phi) is 3.92. The minimum Gasteiger partial charge on any atom is -0.459 e. The van der Waals surface area contributed by atoms with Crippen molar-refractivity contribution in [2.45, 2.75) is 64.1 Å². The van der Waals surface area contributed by atoms with Crippen molar-refractivity contribution in [3.8, 4) is 0 Å². The van der Waals surface area contributed by atoms with E-state index in [1.807, 2.05) is 0 Å². The summed E-state index contributed by atoms with van der Waals surface area (Å²) < 4.78 is 16.4. The van der Waals surface area contributed by atoms with E-state index in [9.17, 15) is 9.59 Å². The van der Waals surface area contributed by atoms with Crippen LogP contribution in [0.3, 0.4) is 0 Å². The van der Waals surface area contributed by atoms with Crippen LogP contribution in [0.5, 0.6) is 0 Å². The molecule has 1 N–H and O–H groups in total. The summed E-state index contributed by atoms with van der Waals surface area (Å²) in [5.41, 5.74) is 0. The second-order valence-electron chi connectivity index (χ2n) is 6.52. The number of hydrogen-bond acceptors (Lipinski definition) is 6. The van der Waals surface area contributed by atoms with E-state index in [1.54, 1.807) is 6.92 Å². The Labute approximate surface area is 123 Å². The number of rotatable bonds is 4. The van der Waals surface area contributed by atoms with Crippen molar-refractivity contribution in [1.82, 2.24) is 0 Å². The van der Waals surface area contributed by atoms with Gasteiger partial charge in [-0.2, -0.15) is 0 Å². The highest BCUT2D eigenvalue weighted by molar-refractivity contribution is 5.74. The molecular weight excluding hydrogens is 276 g/mol. The second-order valence-corrected chi connectivity index (χ2v) is 6.52. The maximum Gasteiger partial charge on any atom is 0.336 e. The first-order valence-electron chi connectivity index (χ1n) is 7.68. The van der Waals surface area contributed by atoms with Gasteiger partial charge in [0.15, 0.2) is 0 Å². The van der Waals surface area contributed by atoms with Crippen LogP contribution >= 0.6 is 0 Å². The maximum absolute atomic E-state index is 12.0. The number of hydrogen-bond donors (Lipinski definition) is 1. The minimum atomic E-state index is -1.17. The number of ether oxygens (including phenoxy) is 3. The summed E-state index contributed by atoms with van der Waals surface area (Å²) in [6, 6.07) is 0. The lowest BCUT2D eigenvalue weighted by molar-refractivity contribution is -0.218. The fraction of sp³-hybridized carbons (Fsp3) is 0.867. The van der Waals surface area contributed by atoms with Crippen molar-refractivity contribution in [1.29, 1.82) is 0 Å². The molecule has 0 aromatic heterocycles. The summed E-state index contributed by atoms with van der Waals surface area (Å²) in [4.78, 5) is 23.3. The van der Waals surface area contributed by atoms with Gasteiger partial charge in [-0.3, -0.25) is 4.79 Å². The van der Waals surface area contributed by atoms with Gasteiger partial charge in [-0.05, 0) is 51.4 Å². The molecule has 7 unspecified atom stereocenters. The number of aliphatic hydroxyl groups is 1. The van der Waals surface area contributed by atoms with Gasteiger partial charge in [0.25, 0.3) is 0 Å². The standard InChI is InChI=1S/C15H22O6/c1-7(16)14(17)20-8(2)19-13-10-3-9-4-11(6-10)15(18)21-12(13)5-9/h7-13,16H,3-6H2,1-2H3. The van der Waals surface area contributed by atoms with Crippen LogP contribution in [-0.4, -0.2) is 41.6 Å². The lowest BCUT2D eigenvalue weighted by Gasteiger charge is -2.42. The molecule has 2 aliphatic heterocycles. The summed E-state index contributed by atoms with van der Waals surface area (Å²) in [5.74, 6) is 0.0164. The molecule has 6 heteroatoms. The molecule has 0 spiro atoms. The molecular formula is C15H22O6. The Morgan fingerprint density at radius 2 is 2.05 bits per heavy atom. The summed E-state index contributed by atoms with van der Waals surface area (Å²) in [6.07, 6.45) is 1.24. The van der Waals surface area contributed by atoms with Crippen molar-refractivity contribution in [2.75, 3.05) is 0 Å². The SMILES string of the molecule is CC(OC(=O)C(C)O)OC1C2CC3CC(C2)C(=O)OC1C3. The van der Waals surface area contributed by atoms with Crippen molar-refractivity contribution in [3.63, 3.8) is 0 Å². The molecule has 2 saturated heterocycles. The van der Waals surface area contributed by atoms with Crippen LogP contribution < -0.4 is 0 Å². The maximum atomic E-state index is 12.0. The number of esters is 2. The van der Waals surface area contributed by atoms with Crippen LogP contribution in [0.2, 0.25) is 0 Å². The normalized spacial score (nSPS) is 40.3. The van der Waals surface area contributed by atoms with Crippen LogP contribution in [0, 0.1) is 17.8 Å². The highest BCUT2D eigenvalue weighted by atomic mass is 16.7. The van der Waals surface area contributed by atoms with E-state index in [4.69, 9.17) is 19.3 Å². The average Bonchev–Trinajstić information content (AvgIpc) is 2.57. The zero-order valence-corrected chi connectivity index (χ0v) is 12.4. The first-order valence-corrected chi connectivity index (χ1v) is 7.68. The third kappa shape index (κ3) is 2.92. The van der Waals surface area contributed by atoms with Gasteiger partial charge in [-0.15, -0.1) is 0 Å². The molecule has 4 fully saturated rings. The first-order chi connectivity index (χ1) is 9.94. The van der Waals surface area contributed by atoms with Gasteiger partial charge in [0.05, 0.1) is 5.92 Å². The Bertz CT molecular complexity index is 434. The molecule has 0 aromatic rings. The van der Waals surface area contributed by atoms with E-state index in [-0.39, 0.29) is 30.0 Å². The molecule has 2 saturated carbocycles. The zero-order valence-electron chi connectivity index (χ0n) is 12.4. The van der Waals surface area contributed by atoms with Crippen LogP contribution in [-0.2, 0) is 23.8 Å². The lowest BCUT2D eigenvalue weighted by Crippen LogP contribution is -2.46. The summed E-state index contributed by atoms with van der Waals surface area (Å²) in [6.45, 7) is 2.98. The van der Waals surface area contributed by atoms with Gasteiger partial charge in [0, 0.05) is 0 Å². The summed E-state index contributed by atoms with van der Waals surface area (Å²) in [7, 11) is 0. The Balaban J connectivity index is 1.66. The molecule has 4 aliphatic rings. The molecule has 7 atom stereocenters. The van der Waals surface area contributed by atoms with Gasteiger partial charge in [0.2, 0.25) is 6.29 Å². The fourth-order valence-electron chi connectivity index (χ4n) is 3.97. The molecule has 4 rings (SSSR count). The fourth-order valence-corrected chi connectivity index (χ4v) is 3.97. The number of carbonyl (C=O) groups excluding carboxylic acids is 2. The highest BCUT2D eigenvalue weighted by Gasteiger charge is 2.51. The molecule has 4 bridgehead atoms. The predicted octanol–water partition coefficient (Wildman–Crippen LogP) is 1.00. The van der Waals surface area contributed by atoms with Crippen molar-refractivity contribution in [2.24, 2.45) is 17.8 Å². The van der Waals surface area contributed by atoms with E-state index < -0.39 is 18.4 Å². The van der Waals surface area contributed by atoms with Gasteiger partial charge in [0.1, 0.15) is 18.3 Å². The smallest absolute Gasteiger partial charge is 0.336 e. The van der Waals surface area contributed by atoms with Gasteiger partial charge >= 0.3 is 11.9 Å². The Hall–Kier alpha value is -1.14. The van der Waals surface area contributed by atoms with Crippen LogP contribution in [0.1, 0.15) is 39.5 Å². The molecule has 21 heavy (non-hydrogen) atoms. The van der Waals surface area contributed by atoms with Gasteiger partial charge in [-0.1, -0.05) is 0 Å². The van der Waals surface area contributed by atoms with Gasteiger partial charge in [-0.25, -0.2) is 4.79 Å². The third-order valence-corrected chi connectivity index (χ3v) is 4.81. The summed E-state index contributed by atoms with van der Waals surface area (Å²) >= 11 is 0. The largest absolute Gasteiger partial charge is 0.459 e. The first kappa shape index (κ1) is 14.8. The molecule has 0 amide bonds. The molecule has 2 heterocycles. The zero-order chi connectivity index (χ0) is 15.1. The van der Waals surface area contributed by atoms with E-state index >= 15 is 0 Å². The highest BCUT2D eigenvalue weighted by Crippen LogP contribution is 2.48. The third-order valence-electron chi connectivity index (χ3n) is 4.81. The molecule has 6 nitrogen and oxygen atoms in total. The Morgan fingerprint density at radius 3 is 2.76 bits per heavy atom.